The maximum Gasteiger partial charge on any atom is 0.416 e. The van der Waals surface area contributed by atoms with E-state index < -0.39 is 23.8 Å². The molecule has 1 atom stereocenters. The SMILES string of the molecule is COC(=O)C1CN=C(c2ccc(C(F)(F)F)cc2)N1. The highest BCUT2D eigenvalue weighted by Crippen LogP contribution is 2.29. The molecule has 2 rings (SSSR count). The minimum atomic E-state index is -4.36. The first-order valence-electron chi connectivity index (χ1n) is 5.48. The maximum atomic E-state index is 12.4. The van der Waals surface area contributed by atoms with Gasteiger partial charge in [-0.25, -0.2) is 4.79 Å². The van der Waals surface area contributed by atoms with Crippen LogP contribution in [0, 0.1) is 0 Å². The fourth-order valence-corrected chi connectivity index (χ4v) is 1.71. The summed E-state index contributed by atoms with van der Waals surface area (Å²) in [6.45, 7) is 0.211. The van der Waals surface area contributed by atoms with Gasteiger partial charge >= 0.3 is 12.1 Å². The number of ether oxygens (including phenoxy) is 1. The Bertz CT molecular complexity index is 509. The third-order valence-corrected chi connectivity index (χ3v) is 2.71. The highest BCUT2D eigenvalue weighted by Gasteiger charge is 2.31. The zero-order valence-corrected chi connectivity index (χ0v) is 9.99. The van der Waals surface area contributed by atoms with E-state index in [9.17, 15) is 18.0 Å². The fraction of sp³-hybridized carbons (Fsp3) is 0.333. The Morgan fingerprint density at radius 3 is 2.53 bits per heavy atom. The Balaban J connectivity index is 2.10. The number of methoxy groups -OCH3 is 1. The van der Waals surface area contributed by atoms with Crippen LogP contribution in [-0.4, -0.2) is 31.5 Å². The van der Waals surface area contributed by atoms with Crippen molar-refractivity contribution in [2.45, 2.75) is 12.2 Å². The molecular weight excluding hydrogens is 261 g/mol. The van der Waals surface area contributed by atoms with Crippen LogP contribution in [0.4, 0.5) is 13.2 Å². The number of benzene rings is 1. The van der Waals surface area contributed by atoms with Gasteiger partial charge in [-0.2, -0.15) is 13.2 Å². The molecule has 0 saturated carbocycles. The van der Waals surface area contributed by atoms with E-state index in [1.807, 2.05) is 0 Å². The van der Waals surface area contributed by atoms with Crippen molar-refractivity contribution in [2.75, 3.05) is 13.7 Å². The number of hydrogen-bond acceptors (Lipinski definition) is 4. The second kappa shape index (κ2) is 4.91. The molecule has 1 aromatic carbocycles. The summed E-state index contributed by atoms with van der Waals surface area (Å²) in [7, 11) is 1.26. The molecule has 4 nitrogen and oxygen atoms in total. The van der Waals surface area contributed by atoms with E-state index in [4.69, 9.17) is 0 Å². The molecule has 0 amide bonds. The monoisotopic (exact) mass is 272 g/mol. The highest BCUT2D eigenvalue weighted by atomic mass is 19.4. The maximum absolute atomic E-state index is 12.4. The van der Waals surface area contributed by atoms with E-state index in [1.54, 1.807) is 0 Å². The summed E-state index contributed by atoms with van der Waals surface area (Å²) < 4.78 is 41.8. The number of alkyl halides is 3. The zero-order valence-electron chi connectivity index (χ0n) is 9.99. The number of amidine groups is 1. The number of nitrogens with one attached hydrogen (secondary N) is 1. The molecule has 0 bridgehead atoms. The van der Waals surface area contributed by atoms with Crippen molar-refractivity contribution in [3.8, 4) is 0 Å². The summed E-state index contributed by atoms with van der Waals surface area (Å²) in [6, 6.07) is 4.00. The second-order valence-corrected chi connectivity index (χ2v) is 3.98. The molecule has 1 aliphatic heterocycles. The molecule has 1 unspecified atom stereocenters. The van der Waals surface area contributed by atoms with Crippen molar-refractivity contribution in [2.24, 2.45) is 4.99 Å². The Labute approximate surface area is 107 Å². The van der Waals surface area contributed by atoms with Gasteiger partial charge in [0, 0.05) is 5.56 Å². The smallest absolute Gasteiger partial charge is 0.416 e. The molecule has 1 aromatic rings. The molecule has 1 aliphatic rings. The molecule has 0 aromatic heterocycles. The normalized spacial score (nSPS) is 18.7. The Hall–Kier alpha value is -2.05. The van der Waals surface area contributed by atoms with Crippen LogP contribution in [0.5, 0.6) is 0 Å². The first-order valence-corrected chi connectivity index (χ1v) is 5.48. The van der Waals surface area contributed by atoms with Crippen molar-refractivity contribution >= 4 is 11.8 Å². The molecule has 0 fully saturated rings. The van der Waals surface area contributed by atoms with Crippen LogP contribution in [-0.2, 0) is 15.7 Å². The molecule has 102 valence electrons. The van der Waals surface area contributed by atoms with Crippen LogP contribution < -0.4 is 5.32 Å². The minimum Gasteiger partial charge on any atom is -0.467 e. The zero-order chi connectivity index (χ0) is 14.0. The molecule has 0 radical (unpaired) electrons. The number of rotatable bonds is 2. The van der Waals surface area contributed by atoms with Gasteiger partial charge in [-0.1, -0.05) is 12.1 Å². The predicted molar refractivity (Wildman–Crippen MR) is 61.8 cm³/mol. The molecule has 1 heterocycles. The van der Waals surface area contributed by atoms with E-state index >= 15 is 0 Å². The van der Waals surface area contributed by atoms with E-state index in [1.165, 1.54) is 19.2 Å². The average molecular weight is 272 g/mol. The summed E-state index contributed by atoms with van der Waals surface area (Å²) >= 11 is 0. The molecule has 7 heteroatoms. The minimum absolute atomic E-state index is 0.211. The highest BCUT2D eigenvalue weighted by molar-refractivity contribution is 6.02. The lowest BCUT2D eigenvalue weighted by molar-refractivity contribution is -0.142. The standard InChI is InChI=1S/C12H11F3N2O2/c1-19-11(18)9-6-16-10(17-9)7-2-4-8(5-3-7)12(13,14)15/h2-5,9H,6H2,1H3,(H,16,17). The van der Waals surface area contributed by atoms with E-state index in [2.05, 4.69) is 15.0 Å². The van der Waals surface area contributed by atoms with Crippen molar-refractivity contribution < 1.29 is 22.7 Å². The van der Waals surface area contributed by atoms with E-state index in [-0.39, 0.29) is 6.54 Å². The molecule has 0 aliphatic carbocycles. The number of nitrogens with zero attached hydrogens (tertiary/aromatic N) is 1. The van der Waals surface area contributed by atoms with Gasteiger partial charge in [-0.15, -0.1) is 0 Å². The molecule has 0 saturated heterocycles. The van der Waals surface area contributed by atoms with Crippen molar-refractivity contribution in [3.63, 3.8) is 0 Å². The molecular formula is C12H11F3N2O2. The summed E-state index contributed by atoms with van der Waals surface area (Å²) in [6.07, 6.45) is -4.36. The van der Waals surface area contributed by atoms with Crippen molar-refractivity contribution in [1.82, 2.24) is 5.32 Å². The summed E-state index contributed by atoms with van der Waals surface area (Å²) in [5.41, 5.74) is -0.223. The lowest BCUT2D eigenvalue weighted by Crippen LogP contribution is -2.38. The first-order chi connectivity index (χ1) is 8.91. The first kappa shape index (κ1) is 13.4. The van der Waals surface area contributed by atoms with Gasteiger partial charge < -0.3 is 10.1 Å². The topological polar surface area (TPSA) is 50.7 Å². The number of carbonyl (C=O) groups is 1. The summed E-state index contributed by atoms with van der Waals surface area (Å²) in [5.74, 6) is -0.0604. The Morgan fingerprint density at radius 2 is 2.00 bits per heavy atom. The van der Waals surface area contributed by atoms with Gasteiger partial charge in [0.1, 0.15) is 11.9 Å². The lowest BCUT2D eigenvalue weighted by atomic mass is 10.1. The van der Waals surface area contributed by atoms with Crippen LogP contribution in [0.15, 0.2) is 29.3 Å². The van der Waals surface area contributed by atoms with Crippen LogP contribution >= 0.6 is 0 Å². The lowest BCUT2D eigenvalue weighted by Gasteiger charge is -2.10. The Kier molecular flexibility index (Phi) is 3.46. The predicted octanol–water partition coefficient (Wildman–Crippen LogP) is 1.60. The molecule has 0 spiro atoms. The van der Waals surface area contributed by atoms with Crippen molar-refractivity contribution in [1.29, 1.82) is 0 Å². The number of carbonyl (C=O) groups excluding carboxylic acids is 1. The van der Waals surface area contributed by atoms with Crippen LogP contribution in [0.25, 0.3) is 0 Å². The molecule has 19 heavy (non-hydrogen) atoms. The van der Waals surface area contributed by atoms with Crippen LogP contribution in [0.2, 0.25) is 0 Å². The van der Waals surface area contributed by atoms with Crippen molar-refractivity contribution in [3.05, 3.63) is 35.4 Å². The van der Waals surface area contributed by atoms with Gasteiger partial charge in [-0.3, -0.25) is 4.99 Å². The summed E-state index contributed by atoms with van der Waals surface area (Å²) in [5, 5.41) is 2.81. The van der Waals surface area contributed by atoms with Gasteiger partial charge in [0.25, 0.3) is 0 Å². The fourth-order valence-electron chi connectivity index (χ4n) is 1.71. The van der Waals surface area contributed by atoms with Gasteiger partial charge in [-0.05, 0) is 12.1 Å². The number of esters is 1. The van der Waals surface area contributed by atoms with Gasteiger partial charge in [0.15, 0.2) is 0 Å². The van der Waals surface area contributed by atoms with Crippen LogP contribution in [0.3, 0.4) is 0 Å². The largest absolute Gasteiger partial charge is 0.467 e. The molecule has 1 N–H and O–H groups in total. The van der Waals surface area contributed by atoms with E-state index in [0.29, 0.717) is 11.4 Å². The second-order valence-electron chi connectivity index (χ2n) is 3.98. The third kappa shape index (κ3) is 2.86. The third-order valence-electron chi connectivity index (χ3n) is 2.71. The Morgan fingerprint density at radius 1 is 1.37 bits per heavy atom. The average Bonchev–Trinajstić information content (AvgIpc) is 2.86. The number of aliphatic imine (C=N–C) groups is 1. The van der Waals surface area contributed by atoms with E-state index in [0.717, 1.165) is 12.1 Å². The summed E-state index contributed by atoms with van der Waals surface area (Å²) in [4.78, 5) is 15.3. The number of halogens is 3. The van der Waals surface area contributed by atoms with Gasteiger partial charge in [0.05, 0.1) is 19.2 Å². The quantitative estimate of drug-likeness (QED) is 0.832. The number of hydrogen-bond donors (Lipinski definition) is 1. The van der Waals surface area contributed by atoms with Crippen LogP contribution in [0.1, 0.15) is 11.1 Å². The van der Waals surface area contributed by atoms with Gasteiger partial charge in [0.2, 0.25) is 0 Å².